The molecule has 0 aliphatic heterocycles. The number of hydrogen-bond donors (Lipinski definition) is 3. The molecule has 5 nitrogen and oxygen atoms in total. The molecule has 0 heterocycles. The Morgan fingerprint density at radius 3 is 2.43 bits per heavy atom. The van der Waals surface area contributed by atoms with Gasteiger partial charge in [0.15, 0.2) is 5.96 Å². The third kappa shape index (κ3) is 10.4. The van der Waals surface area contributed by atoms with Gasteiger partial charge in [0.2, 0.25) is 5.91 Å². The zero-order chi connectivity index (χ0) is 16.4. The average molecular weight is 453 g/mol. The van der Waals surface area contributed by atoms with Crippen LogP contribution in [-0.4, -0.2) is 31.0 Å². The minimum Gasteiger partial charge on any atom is -0.357 e. The van der Waals surface area contributed by atoms with Crippen LogP contribution in [0.3, 0.4) is 0 Å². The Morgan fingerprint density at radius 1 is 1.22 bits per heavy atom. The maximum atomic E-state index is 11.6. The molecule has 0 atom stereocenters. The number of carbonyl (C=O) groups is 1. The van der Waals surface area contributed by atoms with E-state index in [1.54, 1.807) is 0 Å². The Balaban J connectivity index is 0.00000484. The van der Waals surface area contributed by atoms with E-state index in [1.165, 1.54) is 0 Å². The summed E-state index contributed by atoms with van der Waals surface area (Å²) in [5.41, 5.74) is 1.08. The molecule has 0 bridgehead atoms. The lowest BCUT2D eigenvalue weighted by Crippen LogP contribution is -2.40. The van der Waals surface area contributed by atoms with Gasteiger partial charge in [-0.25, -0.2) is 4.99 Å². The van der Waals surface area contributed by atoms with Crippen LogP contribution in [0.15, 0.2) is 29.3 Å². The van der Waals surface area contributed by atoms with E-state index in [1.807, 2.05) is 45.0 Å². The minimum atomic E-state index is 0. The van der Waals surface area contributed by atoms with Crippen molar-refractivity contribution in [3.05, 3.63) is 34.9 Å². The van der Waals surface area contributed by atoms with Crippen LogP contribution in [0.25, 0.3) is 0 Å². The summed E-state index contributed by atoms with van der Waals surface area (Å²) in [7, 11) is 0. The first-order valence-electron chi connectivity index (χ1n) is 7.57. The summed E-state index contributed by atoms with van der Waals surface area (Å²) < 4.78 is 0. The Morgan fingerprint density at radius 2 is 1.87 bits per heavy atom. The number of halogens is 2. The van der Waals surface area contributed by atoms with Crippen LogP contribution in [0.4, 0.5) is 0 Å². The highest BCUT2D eigenvalue weighted by Crippen LogP contribution is 2.10. The summed E-state index contributed by atoms with van der Waals surface area (Å²) in [6.45, 7) is 7.78. The van der Waals surface area contributed by atoms with Crippen LogP contribution in [-0.2, 0) is 11.3 Å². The second-order valence-electron chi connectivity index (χ2n) is 5.22. The molecule has 1 amide bonds. The van der Waals surface area contributed by atoms with Crippen molar-refractivity contribution in [1.29, 1.82) is 0 Å². The number of guanidine groups is 1. The summed E-state index contributed by atoms with van der Waals surface area (Å²) in [6, 6.07) is 7.77. The molecule has 23 heavy (non-hydrogen) atoms. The maximum absolute atomic E-state index is 11.6. The second-order valence-corrected chi connectivity index (χ2v) is 5.66. The molecule has 0 aromatic heterocycles. The predicted molar refractivity (Wildman–Crippen MR) is 108 cm³/mol. The van der Waals surface area contributed by atoms with Gasteiger partial charge in [-0.3, -0.25) is 4.79 Å². The molecule has 7 heteroatoms. The largest absolute Gasteiger partial charge is 0.357 e. The summed E-state index contributed by atoms with van der Waals surface area (Å²) in [5, 5.41) is 9.89. The molecule has 0 radical (unpaired) electrons. The van der Waals surface area contributed by atoms with Gasteiger partial charge >= 0.3 is 0 Å². The lowest BCUT2D eigenvalue weighted by Gasteiger charge is -2.12. The molecular weight excluding hydrogens is 427 g/mol. The zero-order valence-corrected chi connectivity index (χ0v) is 16.9. The Hall–Kier alpha value is -1.02. The number of carbonyl (C=O) groups excluding carboxylic acids is 1. The van der Waals surface area contributed by atoms with Crippen molar-refractivity contribution in [2.75, 3.05) is 13.1 Å². The fourth-order valence-electron chi connectivity index (χ4n) is 1.79. The third-order valence-corrected chi connectivity index (χ3v) is 3.02. The predicted octanol–water partition coefficient (Wildman–Crippen LogP) is 2.93. The van der Waals surface area contributed by atoms with E-state index in [0.717, 1.165) is 12.1 Å². The number of hydrogen-bond acceptors (Lipinski definition) is 2. The standard InChI is InChI=1S/C16H25ClN4O.HI/c1-4-18-16(19-10-9-15(22)21-12(2)3)20-11-13-5-7-14(17)8-6-13;/h5-8,12H,4,9-11H2,1-3H3,(H,21,22)(H2,18,19,20);1H. The van der Waals surface area contributed by atoms with E-state index < -0.39 is 0 Å². The number of nitrogens with one attached hydrogen (secondary N) is 3. The fraction of sp³-hybridized carbons (Fsp3) is 0.500. The second kappa shape index (κ2) is 12.4. The van der Waals surface area contributed by atoms with E-state index in [2.05, 4.69) is 20.9 Å². The van der Waals surface area contributed by atoms with Crippen molar-refractivity contribution in [2.24, 2.45) is 4.99 Å². The van der Waals surface area contributed by atoms with E-state index >= 15 is 0 Å². The van der Waals surface area contributed by atoms with Crippen LogP contribution < -0.4 is 16.0 Å². The van der Waals surface area contributed by atoms with E-state index in [0.29, 0.717) is 30.5 Å². The van der Waals surface area contributed by atoms with Crippen LogP contribution in [0.5, 0.6) is 0 Å². The average Bonchev–Trinajstić information content (AvgIpc) is 2.45. The Bertz CT molecular complexity index is 491. The van der Waals surface area contributed by atoms with Gasteiger partial charge in [0.1, 0.15) is 0 Å². The van der Waals surface area contributed by atoms with Gasteiger partial charge in [-0.2, -0.15) is 0 Å². The van der Waals surface area contributed by atoms with Gasteiger partial charge in [0, 0.05) is 30.6 Å². The first-order valence-corrected chi connectivity index (χ1v) is 7.95. The first kappa shape index (κ1) is 22.0. The zero-order valence-electron chi connectivity index (χ0n) is 13.9. The third-order valence-electron chi connectivity index (χ3n) is 2.77. The fourth-order valence-corrected chi connectivity index (χ4v) is 1.92. The Kier molecular flexibility index (Phi) is 11.9. The Labute approximate surface area is 160 Å². The molecule has 0 saturated heterocycles. The SMILES string of the molecule is CCNC(=NCc1ccc(Cl)cc1)NCCC(=O)NC(C)C.I. The number of rotatable bonds is 7. The number of benzene rings is 1. The van der Waals surface area contributed by atoms with E-state index in [-0.39, 0.29) is 35.9 Å². The van der Waals surface area contributed by atoms with Crippen LogP contribution in [0.2, 0.25) is 5.02 Å². The summed E-state index contributed by atoms with van der Waals surface area (Å²) in [6.07, 6.45) is 0.420. The van der Waals surface area contributed by atoms with Crippen molar-refractivity contribution in [1.82, 2.24) is 16.0 Å². The van der Waals surface area contributed by atoms with Gasteiger partial charge in [0.25, 0.3) is 0 Å². The van der Waals surface area contributed by atoms with Gasteiger partial charge < -0.3 is 16.0 Å². The normalized spacial score (nSPS) is 10.9. The van der Waals surface area contributed by atoms with Crippen molar-refractivity contribution in [3.63, 3.8) is 0 Å². The van der Waals surface area contributed by atoms with Crippen molar-refractivity contribution in [2.45, 2.75) is 39.8 Å². The van der Waals surface area contributed by atoms with Crippen molar-refractivity contribution >= 4 is 47.4 Å². The molecule has 0 unspecified atom stereocenters. The lowest BCUT2D eigenvalue weighted by atomic mass is 10.2. The monoisotopic (exact) mass is 452 g/mol. The van der Waals surface area contributed by atoms with Gasteiger partial charge in [-0.15, -0.1) is 24.0 Å². The number of aliphatic imine (C=N–C) groups is 1. The summed E-state index contributed by atoms with van der Waals surface area (Å²) in [5.74, 6) is 0.742. The molecule has 130 valence electrons. The molecule has 1 aromatic carbocycles. The number of amides is 1. The quantitative estimate of drug-likeness (QED) is 0.339. The highest BCUT2D eigenvalue weighted by atomic mass is 127. The summed E-state index contributed by atoms with van der Waals surface area (Å²) >= 11 is 5.86. The molecule has 0 aliphatic carbocycles. The first-order chi connectivity index (χ1) is 10.5. The minimum absolute atomic E-state index is 0. The molecule has 1 aromatic rings. The van der Waals surface area contributed by atoms with Gasteiger partial charge in [-0.05, 0) is 38.5 Å². The van der Waals surface area contributed by atoms with Crippen LogP contribution in [0, 0.1) is 0 Å². The van der Waals surface area contributed by atoms with Crippen LogP contribution >= 0.6 is 35.6 Å². The highest BCUT2D eigenvalue weighted by Gasteiger charge is 2.04. The molecule has 3 N–H and O–H groups in total. The summed E-state index contributed by atoms with van der Waals surface area (Å²) in [4.78, 5) is 16.1. The van der Waals surface area contributed by atoms with Crippen molar-refractivity contribution in [3.8, 4) is 0 Å². The molecule has 0 saturated carbocycles. The maximum Gasteiger partial charge on any atom is 0.221 e. The van der Waals surface area contributed by atoms with Gasteiger partial charge in [-0.1, -0.05) is 23.7 Å². The van der Waals surface area contributed by atoms with E-state index in [9.17, 15) is 4.79 Å². The molecule has 0 spiro atoms. The smallest absolute Gasteiger partial charge is 0.221 e. The molecule has 0 aliphatic rings. The van der Waals surface area contributed by atoms with Crippen LogP contribution in [0.1, 0.15) is 32.8 Å². The molecule has 0 fully saturated rings. The highest BCUT2D eigenvalue weighted by molar-refractivity contribution is 14.0. The molecular formula is C16H26ClIN4O. The topological polar surface area (TPSA) is 65.5 Å². The lowest BCUT2D eigenvalue weighted by molar-refractivity contribution is -0.121. The van der Waals surface area contributed by atoms with Crippen molar-refractivity contribution < 1.29 is 4.79 Å². The van der Waals surface area contributed by atoms with E-state index in [4.69, 9.17) is 11.6 Å². The molecule has 1 rings (SSSR count). The van der Waals surface area contributed by atoms with Gasteiger partial charge in [0.05, 0.1) is 6.54 Å². The number of nitrogens with zero attached hydrogens (tertiary/aromatic N) is 1.